The molecule has 176 valence electrons. The molecular weight excluding hydrogens is 464 g/mol. The Morgan fingerprint density at radius 1 is 0.361 bits per heavy atom. The zero-order valence-corrected chi connectivity index (χ0v) is 18.4. The monoisotopic (exact) mass is 480 g/mol. The first-order chi connectivity index (χ1) is 17.2. The second-order valence-corrected chi connectivity index (χ2v) is 8.12. The van der Waals surface area contributed by atoms with Gasteiger partial charge in [0.1, 0.15) is 11.5 Å². The molecule has 0 aromatic heterocycles. The number of phenolic OH excluding ortho intramolecular Hbond substituents is 4. The second kappa shape index (κ2) is 8.21. The van der Waals surface area contributed by atoms with Crippen molar-refractivity contribution in [2.45, 2.75) is 0 Å². The standard InChI is InChI=1S/2C14H8O4/c15-9-5-1-3-7-11(9)14(18)12-8(13(7)17)4-2-6-10(12)16;15-10-6-5-9-11(14(10)18)13(17)8-4-2-1-3-7(8)12(9)16/h1-6,15-16H;1-6,15,18H. The molecule has 0 saturated carbocycles. The first-order valence-electron chi connectivity index (χ1n) is 10.7. The summed E-state index contributed by atoms with van der Waals surface area (Å²) in [4.78, 5) is 48.8. The fraction of sp³-hybridized carbons (Fsp3) is 0. The maximum atomic E-state index is 12.2. The Morgan fingerprint density at radius 2 is 0.806 bits per heavy atom. The molecule has 0 aliphatic heterocycles. The van der Waals surface area contributed by atoms with E-state index in [-0.39, 0.29) is 62.0 Å². The molecule has 2 aliphatic rings. The Morgan fingerprint density at radius 3 is 1.36 bits per heavy atom. The van der Waals surface area contributed by atoms with Gasteiger partial charge < -0.3 is 20.4 Å². The van der Waals surface area contributed by atoms with Crippen molar-refractivity contribution in [3.63, 3.8) is 0 Å². The molecule has 2 aliphatic carbocycles. The highest BCUT2D eigenvalue weighted by Gasteiger charge is 2.34. The normalized spacial score (nSPS) is 13.1. The molecule has 8 nitrogen and oxygen atoms in total. The summed E-state index contributed by atoms with van der Waals surface area (Å²) < 4.78 is 0. The van der Waals surface area contributed by atoms with Crippen LogP contribution in [0.1, 0.15) is 63.7 Å². The zero-order valence-electron chi connectivity index (χ0n) is 18.4. The average Bonchev–Trinajstić information content (AvgIpc) is 2.87. The van der Waals surface area contributed by atoms with E-state index >= 15 is 0 Å². The minimum atomic E-state index is -0.541. The first kappa shape index (κ1) is 22.5. The van der Waals surface area contributed by atoms with Gasteiger partial charge in [0.25, 0.3) is 0 Å². The number of benzene rings is 4. The van der Waals surface area contributed by atoms with Gasteiger partial charge in [-0.3, -0.25) is 19.2 Å². The maximum absolute atomic E-state index is 12.2. The molecule has 0 atom stereocenters. The Kier molecular flexibility index (Phi) is 5.14. The zero-order chi connectivity index (χ0) is 25.7. The van der Waals surface area contributed by atoms with Crippen LogP contribution in [0.2, 0.25) is 0 Å². The van der Waals surface area contributed by atoms with Crippen molar-refractivity contribution in [3.8, 4) is 23.0 Å². The highest BCUT2D eigenvalue weighted by atomic mass is 16.3. The minimum Gasteiger partial charge on any atom is -0.507 e. The minimum absolute atomic E-state index is 0.0449. The van der Waals surface area contributed by atoms with Gasteiger partial charge in [-0.05, 0) is 24.3 Å². The molecule has 4 aromatic carbocycles. The molecule has 36 heavy (non-hydrogen) atoms. The SMILES string of the molecule is O=C1c2cccc(O)c2C(=O)c2c(O)cccc21.O=C1c2ccccc2C(=O)c2c1ccc(O)c2O. The fourth-order valence-corrected chi connectivity index (χ4v) is 4.36. The highest BCUT2D eigenvalue weighted by Crippen LogP contribution is 2.38. The fourth-order valence-electron chi connectivity index (χ4n) is 4.36. The van der Waals surface area contributed by atoms with Crippen LogP contribution in [-0.2, 0) is 0 Å². The van der Waals surface area contributed by atoms with E-state index in [0.717, 1.165) is 0 Å². The molecule has 0 spiro atoms. The molecule has 0 heterocycles. The molecule has 4 N–H and O–H groups in total. The van der Waals surface area contributed by atoms with Gasteiger partial charge in [-0.15, -0.1) is 0 Å². The van der Waals surface area contributed by atoms with Crippen LogP contribution >= 0.6 is 0 Å². The van der Waals surface area contributed by atoms with E-state index in [0.29, 0.717) is 5.56 Å². The Balaban J connectivity index is 0.000000148. The summed E-state index contributed by atoms with van der Waals surface area (Å²) in [5.41, 5.74) is 0.799. The van der Waals surface area contributed by atoms with E-state index in [1.54, 1.807) is 18.2 Å². The summed E-state index contributed by atoms with van der Waals surface area (Å²) in [5.74, 6) is -3.12. The molecule has 0 amide bonds. The van der Waals surface area contributed by atoms with Crippen LogP contribution in [0.3, 0.4) is 0 Å². The van der Waals surface area contributed by atoms with E-state index in [9.17, 15) is 39.6 Å². The van der Waals surface area contributed by atoms with E-state index in [1.807, 2.05) is 0 Å². The summed E-state index contributed by atoms with van der Waals surface area (Å²) >= 11 is 0. The van der Waals surface area contributed by atoms with Crippen molar-refractivity contribution in [2.75, 3.05) is 0 Å². The van der Waals surface area contributed by atoms with Crippen LogP contribution in [0.25, 0.3) is 0 Å². The van der Waals surface area contributed by atoms with Crippen LogP contribution < -0.4 is 0 Å². The van der Waals surface area contributed by atoms with Gasteiger partial charge in [0, 0.05) is 27.8 Å². The number of carbonyl (C=O) groups excluding carboxylic acids is 4. The van der Waals surface area contributed by atoms with Gasteiger partial charge in [0.2, 0.25) is 5.78 Å². The predicted octanol–water partition coefficient (Wildman–Crippen LogP) is 3.75. The number of hydrogen-bond donors (Lipinski definition) is 4. The Hall–Kier alpha value is -5.24. The number of fused-ring (bicyclic) bond motifs is 4. The van der Waals surface area contributed by atoms with Gasteiger partial charge in [0.15, 0.2) is 28.8 Å². The van der Waals surface area contributed by atoms with Gasteiger partial charge in [-0.1, -0.05) is 48.5 Å². The third kappa shape index (κ3) is 3.24. The van der Waals surface area contributed by atoms with Gasteiger partial charge in [0.05, 0.1) is 16.7 Å². The van der Waals surface area contributed by atoms with Crippen molar-refractivity contribution in [1.82, 2.24) is 0 Å². The van der Waals surface area contributed by atoms with Crippen molar-refractivity contribution >= 4 is 23.1 Å². The predicted molar refractivity (Wildman–Crippen MR) is 126 cm³/mol. The lowest BCUT2D eigenvalue weighted by Crippen LogP contribution is -2.20. The van der Waals surface area contributed by atoms with Crippen LogP contribution in [0.5, 0.6) is 23.0 Å². The first-order valence-corrected chi connectivity index (χ1v) is 10.7. The Labute approximate surface area is 203 Å². The van der Waals surface area contributed by atoms with Gasteiger partial charge in [-0.2, -0.15) is 0 Å². The average molecular weight is 480 g/mol. The summed E-state index contributed by atoms with van der Waals surface area (Å²) in [7, 11) is 0. The number of phenols is 4. The maximum Gasteiger partial charge on any atom is 0.201 e. The molecular formula is C28H16O8. The summed E-state index contributed by atoms with van der Waals surface area (Å²) in [6.07, 6.45) is 0. The topological polar surface area (TPSA) is 149 Å². The molecule has 0 saturated heterocycles. The van der Waals surface area contributed by atoms with Gasteiger partial charge in [-0.25, -0.2) is 0 Å². The smallest absolute Gasteiger partial charge is 0.201 e. The van der Waals surface area contributed by atoms with E-state index in [2.05, 4.69) is 0 Å². The summed E-state index contributed by atoms with van der Waals surface area (Å²) in [6, 6.07) is 17.6. The number of carbonyl (C=O) groups is 4. The quantitative estimate of drug-likeness (QED) is 0.240. The Bertz CT molecular complexity index is 1590. The van der Waals surface area contributed by atoms with Crippen molar-refractivity contribution in [1.29, 1.82) is 0 Å². The van der Waals surface area contributed by atoms with Crippen LogP contribution in [0.15, 0.2) is 72.8 Å². The number of rotatable bonds is 0. The lowest BCUT2D eigenvalue weighted by atomic mass is 9.83. The molecule has 0 unspecified atom stereocenters. The van der Waals surface area contributed by atoms with Crippen molar-refractivity contribution < 1.29 is 39.6 Å². The largest absolute Gasteiger partial charge is 0.507 e. The number of hydrogen-bond acceptors (Lipinski definition) is 8. The molecule has 0 fully saturated rings. The van der Waals surface area contributed by atoms with Crippen LogP contribution in [0, 0.1) is 0 Å². The molecule has 0 bridgehead atoms. The van der Waals surface area contributed by atoms with Gasteiger partial charge >= 0.3 is 0 Å². The van der Waals surface area contributed by atoms with Crippen molar-refractivity contribution in [2.24, 2.45) is 0 Å². The van der Waals surface area contributed by atoms with Crippen LogP contribution in [0.4, 0.5) is 0 Å². The number of ketones is 4. The van der Waals surface area contributed by atoms with E-state index in [1.165, 1.54) is 54.6 Å². The lowest BCUT2D eigenvalue weighted by molar-refractivity contribution is 0.0974. The lowest BCUT2D eigenvalue weighted by Gasteiger charge is -2.18. The molecule has 4 aromatic rings. The third-order valence-electron chi connectivity index (χ3n) is 6.07. The molecule has 6 rings (SSSR count). The number of aromatic hydroxyl groups is 4. The summed E-state index contributed by atoms with van der Waals surface area (Å²) in [6.45, 7) is 0. The van der Waals surface area contributed by atoms with E-state index in [4.69, 9.17) is 0 Å². The molecule has 8 heteroatoms. The second-order valence-electron chi connectivity index (χ2n) is 8.12. The summed E-state index contributed by atoms with van der Waals surface area (Å²) in [5, 5.41) is 38.6. The highest BCUT2D eigenvalue weighted by molar-refractivity contribution is 6.30. The third-order valence-corrected chi connectivity index (χ3v) is 6.07. The van der Waals surface area contributed by atoms with E-state index < -0.39 is 23.1 Å². The van der Waals surface area contributed by atoms with Crippen LogP contribution in [-0.4, -0.2) is 43.6 Å². The van der Waals surface area contributed by atoms with Crippen molar-refractivity contribution in [3.05, 3.63) is 117 Å². The molecule has 0 radical (unpaired) electrons.